The molecule has 1 amide bonds. The summed E-state index contributed by atoms with van der Waals surface area (Å²) in [6.45, 7) is 0.296. The van der Waals surface area contributed by atoms with E-state index in [1.807, 2.05) is 0 Å². The zero-order valence-electron chi connectivity index (χ0n) is 14.3. The van der Waals surface area contributed by atoms with Gasteiger partial charge in [-0.1, -0.05) is 0 Å². The van der Waals surface area contributed by atoms with Crippen LogP contribution in [0.5, 0.6) is 0 Å². The number of nitrogens with zero attached hydrogens (tertiary/aromatic N) is 2. The van der Waals surface area contributed by atoms with Crippen molar-refractivity contribution in [3.63, 3.8) is 0 Å². The minimum Gasteiger partial charge on any atom is -0.465 e. The highest BCUT2D eigenvalue weighted by molar-refractivity contribution is 5.93. The fourth-order valence-electron chi connectivity index (χ4n) is 3.42. The second kappa shape index (κ2) is 6.62. The number of amides is 1. The Balaban J connectivity index is 1.46. The van der Waals surface area contributed by atoms with Crippen molar-refractivity contribution in [3.8, 4) is 0 Å². The largest absolute Gasteiger partial charge is 0.465 e. The molecule has 2 aromatic heterocycles. The Kier molecular flexibility index (Phi) is 4.16. The van der Waals surface area contributed by atoms with E-state index in [2.05, 4.69) is 25.5 Å². The first kappa shape index (κ1) is 16.3. The molecular weight excluding hydrogens is 334 g/mol. The molecular formula is C18H19N5O3. The van der Waals surface area contributed by atoms with Gasteiger partial charge in [0.15, 0.2) is 0 Å². The molecule has 0 fully saturated rings. The van der Waals surface area contributed by atoms with Gasteiger partial charge in [-0.05, 0) is 37.5 Å². The maximum atomic E-state index is 12.6. The first-order valence-electron chi connectivity index (χ1n) is 8.52. The summed E-state index contributed by atoms with van der Waals surface area (Å²) in [6.07, 6.45) is 4.47. The van der Waals surface area contributed by atoms with E-state index in [0.29, 0.717) is 17.9 Å². The van der Waals surface area contributed by atoms with Crippen LogP contribution in [0.4, 0.5) is 0 Å². The van der Waals surface area contributed by atoms with Crippen LogP contribution in [0.3, 0.4) is 0 Å². The number of aromatic nitrogens is 4. The number of aryl methyl sites for hydroxylation is 1. The summed E-state index contributed by atoms with van der Waals surface area (Å²) >= 11 is 0. The molecule has 1 unspecified atom stereocenters. The van der Waals surface area contributed by atoms with Gasteiger partial charge in [0.25, 0.3) is 0 Å². The van der Waals surface area contributed by atoms with E-state index in [1.165, 1.54) is 7.11 Å². The molecule has 3 N–H and O–H groups in total. The smallest absolute Gasteiger partial charge is 0.337 e. The van der Waals surface area contributed by atoms with E-state index in [9.17, 15) is 9.59 Å². The van der Waals surface area contributed by atoms with E-state index in [0.717, 1.165) is 41.6 Å². The van der Waals surface area contributed by atoms with Crippen LogP contribution < -0.4 is 5.32 Å². The first-order chi connectivity index (χ1) is 12.7. The molecule has 0 saturated carbocycles. The summed E-state index contributed by atoms with van der Waals surface area (Å²) in [5.74, 6) is 0.0408. The Hall–Kier alpha value is -3.16. The van der Waals surface area contributed by atoms with Crippen LogP contribution in [0, 0.1) is 0 Å². The van der Waals surface area contributed by atoms with E-state index < -0.39 is 5.97 Å². The van der Waals surface area contributed by atoms with Crippen LogP contribution in [0.15, 0.2) is 24.4 Å². The number of fused-ring (bicyclic) bond motifs is 2. The molecule has 2 heterocycles. The van der Waals surface area contributed by atoms with E-state index in [1.54, 1.807) is 24.4 Å². The molecule has 1 aliphatic rings. The Morgan fingerprint density at radius 1 is 1.38 bits per heavy atom. The molecule has 1 aliphatic carbocycles. The number of benzene rings is 1. The van der Waals surface area contributed by atoms with Crippen LogP contribution >= 0.6 is 0 Å². The Morgan fingerprint density at radius 2 is 2.27 bits per heavy atom. The fourth-order valence-corrected chi connectivity index (χ4v) is 3.42. The summed E-state index contributed by atoms with van der Waals surface area (Å²) in [7, 11) is 1.34. The van der Waals surface area contributed by atoms with Crippen molar-refractivity contribution in [1.29, 1.82) is 0 Å². The third-order valence-corrected chi connectivity index (χ3v) is 4.75. The molecule has 4 rings (SSSR count). The SMILES string of the molecule is COC(=O)c1ccc2nc(CNC(=O)C3CCCc4[nH]ncc43)[nH]c2c1. The number of imidazole rings is 1. The molecule has 0 radical (unpaired) electrons. The number of rotatable bonds is 4. The summed E-state index contributed by atoms with van der Waals surface area (Å²) in [6, 6.07) is 5.11. The van der Waals surface area contributed by atoms with Crippen LogP contribution in [0.2, 0.25) is 0 Å². The molecule has 0 aliphatic heterocycles. The monoisotopic (exact) mass is 353 g/mol. The molecule has 8 heteroatoms. The van der Waals surface area contributed by atoms with Gasteiger partial charge in [-0.25, -0.2) is 9.78 Å². The summed E-state index contributed by atoms with van der Waals surface area (Å²) in [4.78, 5) is 31.8. The highest BCUT2D eigenvalue weighted by Crippen LogP contribution is 2.30. The summed E-state index contributed by atoms with van der Waals surface area (Å²) < 4.78 is 4.72. The lowest BCUT2D eigenvalue weighted by atomic mass is 9.86. The second-order valence-corrected chi connectivity index (χ2v) is 6.37. The Bertz CT molecular complexity index is 974. The van der Waals surface area contributed by atoms with Crippen LogP contribution in [0.25, 0.3) is 11.0 Å². The van der Waals surface area contributed by atoms with Gasteiger partial charge in [0, 0.05) is 11.3 Å². The van der Waals surface area contributed by atoms with Gasteiger partial charge in [-0.2, -0.15) is 5.10 Å². The molecule has 3 aromatic rings. The Labute approximate surface area is 149 Å². The second-order valence-electron chi connectivity index (χ2n) is 6.37. The standard InChI is InChI=1S/C18H19N5O3/c1-26-18(25)10-5-6-14-15(7-10)22-16(21-14)9-19-17(24)11-3-2-4-13-12(11)8-20-23-13/h5-8,11H,2-4,9H2,1H3,(H,19,24)(H,20,23)(H,21,22). The van der Waals surface area contributed by atoms with Gasteiger partial charge in [0.1, 0.15) is 5.82 Å². The molecule has 134 valence electrons. The van der Waals surface area contributed by atoms with Gasteiger partial charge >= 0.3 is 5.97 Å². The molecule has 0 bridgehead atoms. The van der Waals surface area contributed by atoms with Gasteiger partial charge in [-0.3, -0.25) is 9.89 Å². The van der Waals surface area contributed by atoms with Crippen molar-refractivity contribution in [3.05, 3.63) is 47.0 Å². The van der Waals surface area contributed by atoms with Crippen LogP contribution in [-0.2, 0) is 22.5 Å². The molecule has 26 heavy (non-hydrogen) atoms. The molecule has 0 saturated heterocycles. The normalized spacial score (nSPS) is 16.3. The third-order valence-electron chi connectivity index (χ3n) is 4.75. The third kappa shape index (κ3) is 2.94. The van der Waals surface area contributed by atoms with Crippen LogP contribution in [-0.4, -0.2) is 39.2 Å². The highest BCUT2D eigenvalue weighted by Gasteiger charge is 2.27. The quantitative estimate of drug-likeness (QED) is 0.619. The van der Waals surface area contributed by atoms with Crippen molar-refractivity contribution >= 4 is 22.9 Å². The number of H-pyrrole nitrogens is 2. The van der Waals surface area contributed by atoms with E-state index >= 15 is 0 Å². The molecule has 8 nitrogen and oxygen atoms in total. The average molecular weight is 353 g/mol. The number of esters is 1. The number of hydrogen-bond acceptors (Lipinski definition) is 5. The topological polar surface area (TPSA) is 113 Å². The lowest BCUT2D eigenvalue weighted by Gasteiger charge is -2.20. The summed E-state index contributed by atoms with van der Waals surface area (Å²) in [5, 5.41) is 9.96. The first-order valence-corrected chi connectivity index (χ1v) is 8.52. The number of nitrogens with one attached hydrogen (secondary N) is 3. The van der Waals surface area contributed by atoms with Gasteiger partial charge in [-0.15, -0.1) is 0 Å². The Morgan fingerprint density at radius 3 is 3.12 bits per heavy atom. The van der Waals surface area contributed by atoms with Crippen molar-refractivity contribution in [2.75, 3.05) is 7.11 Å². The summed E-state index contributed by atoms with van der Waals surface area (Å²) in [5.41, 5.74) is 3.95. The zero-order chi connectivity index (χ0) is 18.1. The number of carbonyl (C=O) groups excluding carboxylic acids is 2. The van der Waals surface area contributed by atoms with Gasteiger partial charge in [0.05, 0.1) is 42.4 Å². The maximum Gasteiger partial charge on any atom is 0.337 e. The molecule has 1 aromatic carbocycles. The molecule has 0 spiro atoms. The number of carbonyl (C=O) groups is 2. The molecule has 1 atom stereocenters. The average Bonchev–Trinajstić information content (AvgIpc) is 3.30. The maximum absolute atomic E-state index is 12.6. The van der Waals surface area contributed by atoms with E-state index in [4.69, 9.17) is 4.74 Å². The predicted octanol–water partition coefficient (Wildman–Crippen LogP) is 1.81. The zero-order valence-corrected chi connectivity index (χ0v) is 14.3. The van der Waals surface area contributed by atoms with Crippen molar-refractivity contribution < 1.29 is 14.3 Å². The predicted molar refractivity (Wildman–Crippen MR) is 93.5 cm³/mol. The lowest BCUT2D eigenvalue weighted by molar-refractivity contribution is -0.123. The van der Waals surface area contributed by atoms with Crippen LogP contribution in [0.1, 0.15) is 46.2 Å². The van der Waals surface area contributed by atoms with Crippen molar-refractivity contribution in [2.24, 2.45) is 0 Å². The minimum absolute atomic E-state index is 0.0249. The van der Waals surface area contributed by atoms with Gasteiger partial charge in [0.2, 0.25) is 5.91 Å². The number of ether oxygens (including phenoxy) is 1. The number of methoxy groups -OCH3 is 1. The minimum atomic E-state index is -0.399. The van der Waals surface area contributed by atoms with Crippen molar-refractivity contribution in [1.82, 2.24) is 25.5 Å². The number of hydrogen-bond donors (Lipinski definition) is 3. The van der Waals surface area contributed by atoms with Crippen molar-refractivity contribution in [2.45, 2.75) is 31.7 Å². The van der Waals surface area contributed by atoms with Gasteiger partial charge < -0.3 is 15.0 Å². The number of aromatic amines is 2. The fraction of sp³-hybridized carbons (Fsp3) is 0.333. The highest BCUT2D eigenvalue weighted by atomic mass is 16.5. The van der Waals surface area contributed by atoms with E-state index in [-0.39, 0.29) is 11.8 Å². The lowest BCUT2D eigenvalue weighted by Crippen LogP contribution is -2.31.